The minimum atomic E-state index is -0.461. The van der Waals surface area contributed by atoms with Gasteiger partial charge in [0, 0.05) is 25.8 Å². The van der Waals surface area contributed by atoms with E-state index in [1.165, 1.54) is 15.8 Å². The maximum absolute atomic E-state index is 12.4. The van der Waals surface area contributed by atoms with Gasteiger partial charge < -0.3 is 14.8 Å². The molecular formula is C16H21N7O2. The molecule has 0 radical (unpaired) electrons. The summed E-state index contributed by atoms with van der Waals surface area (Å²) >= 11 is 0. The van der Waals surface area contributed by atoms with Crippen molar-refractivity contribution in [3.8, 4) is 6.07 Å². The summed E-state index contributed by atoms with van der Waals surface area (Å²) in [5.41, 5.74) is 0.227. The second-order valence-electron chi connectivity index (χ2n) is 6.81. The van der Waals surface area contributed by atoms with Crippen LogP contribution in [0.4, 0.5) is 5.82 Å². The summed E-state index contributed by atoms with van der Waals surface area (Å²) in [5, 5.41) is 19.4. The molecule has 0 saturated heterocycles. The number of nitriles is 1. The van der Waals surface area contributed by atoms with E-state index in [9.17, 15) is 9.59 Å². The maximum atomic E-state index is 12.4. The van der Waals surface area contributed by atoms with Gasteiger partial charge >= 0.3 is 0 Å². The number of rotatable bonds is 4. The maximum Gasteiger partial charge on any atom is 0.278 e. The van der Waals surface area contributed by atoms with Gasteiger partial charge in [0.25, 0.3) is 5.91 Å². The molecule has 9 nitrogen and oxygen atoms in total. The van der Waals surface area contributed by atoms with E-state index in [1.807, 2.05) is 25.3 Å². The van der Waals surface area contributed by atoms with Gasteiger partial charge in [0.15, 0.2) is 5.69 Å². The second kappa shape index (κ2) is 6.76. The summed E-state index contributed by atoms with van der Waals surface area (Å²) in [4.78, 5) is 25.5. The third-order valence-electron chi connectivity index (χ3n) is 3.48. The lowest BCUT2D eigenvalue weighted by Gasteiger charge is -2.24. The van der Waals surface area contributed by atoms with E-state index in [1.54, 1.807) is 26.4 Å². The van der Waals surface area contributed by atoms with Gasteiger partial charge in [-0.15, -0.1) is 5.10 Å². The quantitative estimate of drug-likeness (QED) is 0.892. The van der Waals surface area contributed by atoms with Crippen molar-refractivity contribution in [3.05, 3.63) is 29.7 Å². The fourth-order valence-electron chi connectivity index (χ4n) is 2.12. The van der Waals surface area contributed by atoms with Gasteiger partial charge in [-0.05, 0) is 26.8 Å². The molecule has 132 valence electrons. The van der Waals surface area contributed by atoms with Crippen LogP contribution in [0.1, 0.15) is 36.8 Å². The Morgan fingerprint density at radius 3 is 2.56 bits per heavy atom. The van der Waals surface area contributed by atoms with Crippen LogP contribution in [0.3, 0.4) is 0 Å². The molecule has 0 spiro atoms. The fraction of sp³-hybridized carbons (Fsp3) is 0.438. The first-order valence-corrected chi connectivity index (χ1v) is 7.66. The molecule has 9 heteroatoms. The molecule has 0 saturated carbocycles. The van der Waals surface area contributed by atoms with Crippen LogP contribution >= 0.6 is 0 Å². The number of carbonyl (C=O) groups is 2. The SMILES string of the molecule is CN(C)C(=O)Cn1cc(C(=O)Nc2cc(C#N)cn2C(C)(C)C)nn1. The van der Waals surface area contributed by atoms with Crippen LogP contribution in [-0.4, -0.2) is 50.4 Å². The van der Waals surface area contributed by atoms with E-state index in [0.717, 1.165) is 0 Å². The number of hydrogen-bond acceptors (Lipinski definition) is 5. The van der Waals surface area contributed by atoms with Crippen molar-refractivity contribution in [2.24, 2.45) is 0 Å². The molecule has 0 aliphatic heterocycles. The molecule has 0 fully saturated rings. The smallest absolute Gasteiger partial charge is 0.278 e. The fourth-order valence-corrected chi connectivity index (χ4v) is 2.12. The first-order chi connectivity index (χ1) is 11.6. The standard InChI is InChI=1S/C16H21N7O2/c1-16(2,3)23-8-11(7-17)6-13(23)18-15(25)12-9-22(20-19-12)10-14(24)21(4)5/h6,8-9H,10H2,1-5H3,(H,18,25). The molecule has 2 rings (SSSR count). The molecule has 0 aliphatic carbocycles. The topological polar surface area (TPSA) is 109 Å². The molecule has 2 aromatic heterocycles. The Balaban J connectivity index is 2.18. The Hall–Kier alpha value is -3.15. The van der Waals surface area contributed by atoms with E-state index in [4.69, 9.17) is 5.26 Å². The van der Waals surface area contributed by atoms with Crippen LogP contribution in [-0.2, 0) is 16.9 Å². The zero-order valence-corrected chi connectivity index (χ0v) is 14.9. The average molecular weight is 343 g/mol. The minimum Gasteiger partial charge on any atom is -0.347 e. The Bertz CT molecular complexity index is 834. The number of nitrogens with one attached hydrogen (secondary N) is 1. The van der Waals surface area contributed by atoms with Crippen molar-refractivity contribution in [1.82, 2.24) is 24.5 Å². The summed E-state index contributed by atoms with van der Waals surface area (Å²) in [7, 11) is 3.28. The first-order valence-electron chi connectivity index (χ1n) is 7.66. The number of aromatic nitrogens is 4. The van der Waals surface area contributed by atoms with Gasteiger partial charge in [-0.25, -0.2) is 4.68 Å². The lowest BCUT2D eigenvalue weighted by molar-refractivity contribution is -0.129. The Kier molecular flexibility index (Phi) is 4.92. The van der Waals surface area contributed by atoms with E-state index in [2.05, 4.69) is 21.7 Å². The van der Waals surface area contributed by atoms with Crippen molar-refractivity contribution in [1.29, 1.82) is 5.26 Å². The molecule has 0 unspecified atom stereocenters. The van der Waals surface area contributed by atoms with Crippen molar-refractivity contribution in [3.63, 3.8) is 0 Å². The molecule has 2 amide bonds. The highest BCUT2D eigenvalue weighted by molar-refractivity contribution is 6.02. The van der Waals surface area contributed by atoms with Crippen LogP contribution in [0.5, 0.6) is 0 Å². The van der Waals surface area contributed by atoms with Gasteiger partial charge in [-0.3, -0.25) is 9.59 Å². The minimum absolute atomic E-state index is 0.00420. The summed E-state index contributed by atoms with van der Waals surface area (Å²) in [6.07, 6.45) is 3.09. The van der Waals surface area contributed by atoms with Crippen LogP contribution in [0, 0.1) is 11.3 Å². The Morgan fingerprint density at radius 1 is 1.32 bits per heavy atom. The number of carbonyl (C=O) groups excluding carboxylic acids is 2. The number of nitrogens with zero attached hydrogens (tertiary/aromatic N) is 6. The molecule has 0 aliphatic rings. The summed E-state index contributed by atoms with van der Waals surface area (Å²) < 4.78 is 3.12. The van der Waals surface area contributed by atoms with Gasteiger partial charge in [0.05, 0.1) is 11.8 Å². The van der Waals surface area contributed by atoms with Crippen molar-refractivity contribution in [2.75, 3.05) is 19.4 Å². The van der Waals surface area contributed by atoms with Gasteiger partial charge in [0.1, 0.15) is 18.4 Å². The van der Waals surface area contributed by atoms with Crippen molar-refractivity contribution in [2.45, 2.75) is 32.9 Å². The zero-order chi connectivity index (χ0) is 18.8. The van der Waals surface area contributed by atoms with Crippen molar-refractivity contribution >= 4 is 17.6 Å². The van der Waals surface area contributed by atoms with Crippen LogP contribution in [0.15, 0.2) is 18.5 Å². The number of likely N-dealkylation sites (N-methyl/N-ethyl adjacent to an activating group) is 1. The van der Waals surface area contributed by atoms with Gasteiger partial charge in [-0.1, -0.05) is 5.21 Å². The van der Waals surface area contributed by atoms with Gasteiger partial charge in [0.2, 0.25) is 5.91 Å². The lowest BCUT2D eigenvalue weighted by Crippen LogP contribution is -2.26. The van der Waals surface area contributed by atoms with Crippen molar-refractivity contribution < 1.29 is 9.59 Å². The molecule has 0 atom stereocenters. The highest BCUT2D eigenvalue weighted by Crippen LogP contribution is 2.24. The first kappa shape index (κ1) is 18.2. The highest BCUT2D eigenvalue weighted by Gasteiger charge is 2.21. The largest absolute Gasteiger partial charge is 0.347 e. The molecule has 1 N–H and O–H groups in total. The molecular weight excluding hydrogens is 322 g/mol. The monoisotopic (exact) mass is 343 g/mol. The predicted octanol–water partition coefficient (Wildman–Crippen LogP) is 1.05. The van der Waals surface area contributed by atoms with E-state index >= 15 is 0 Å². The Labute approximate surface area is 145 Å². The van der Waals surface area contributed by atoms with E-state index < -0.39 is 5.91 Å². The summed E-state index contributed by atoms with van der Waals surface area (Å²) in [6.45, 7) is 5.90. The second-order valence-corrected chi connectivity index (χ2v) is 6.81. The molecule has 2 aromatic rings. The van der Waals surface area contributed by atoms with Crippen LogP contribution in [0.2, 0.25) is 0 Å². The average Bonchev–Trinajstić information content (AvgIpc) is 3.13. The van der Waals surface area contributed by atoms with Gasteiger partial charge in [-0.2, -0.15) is 5.26 Å². The third kappa shape index (κ3) is 4.23. The summed E-state index contributed by atoms with van der Waals surface area (Å²) in [5.74, 6) is -0.123. The van der Waals surface area contributed by atoms with Crippen LogP contribution < -0.4 is 5.32 Å². The normalized spacial score (nSPS) is 11.0. The molecule has 25 heavy (non-hydrogen) atoms. The predicted molar refractivity (Wildman–Crippen MR) is 90.8 cm³/mol. The third-order valence-corrected chi connectivity index (χ3v) is 3.48. The number of anilines is 1. The molecule has 2 heterocycles. The van der Waals surface area contributed by atoms with Crippen LogP contribution in [0.25, 0.3) is 0 Å². The van der Waals surface area contributed by atoms with E-state index in [-0.39, 0.29) is 23.7 Å². The molecule has 0 bridgehead atoms. The number of amides is 2. The van der Waals surface area contributed by atoms with E-state index in [0.29, 0.717) is 11.4 Å². The zero-order valence-electron chi connectivity index (χ0n) is 14.9. The summed E-state index contributed by atoms with van der Waals surface area (Å²) in [6, 6.07) is 3.66. The number of hydrogen-bond donors (Lipinski definition) is 1. The highest BCUT2D eigenvalue weighted by atomic mass is 16.2. The lowest BCUT2D eigenvalue weighted by atomic mass is 10.1. The Morgan fingerprint density at radius 2 is 2.00 bits per heavy atom. The molecule has 0 aromatic carbocycles.